The predicted molar refractivity (Wildman–Crippen MR) is 58.2 cm³/mol. The molecule has 0 spiro atoms. The van der Waals surface area contributed by atoms with Crippen molar-refractivity contribution in [3.8, 4) is 0 Å². The molecule has 0 heterocycles. The van der Waals surface area contributed by atoms with Crippen LogP contribution in [0.2, 0.25) is 0 Å². The quantitative estimate of drug-likeness (QED) is 0.463. The molecule has 0 aromatic carbocycles. The van der Waals surface area contributed by atoms with Gasteiger partial charge < -0.3 is 9.64 Å². The third kappa shape index (κ3) is 5.75. The lowest BCUT2D eigenvalue weighted by molar-refractivity contribution is -0.136. The van der Waals surface area contributed by atoms with Gasteiger partial charge in [-0.1, -0.05) is 19.9 Å². The van der Waals surface area contributed by atoms with Gasteiger partial charge >= 0.3 is 5.97 Å². The van der Waals surface area contributed by atoms with Crippen molar-refractivity contribution in [1.82, 2.24) is 4.90 Å². The maximum absolute atomic E-state index is 11.0. The highest BCUT2D eigenvalue weighted by Crippen LogP contribution is 2.02. The minimum Gasteiger partial charge on any atom is -0.466 e. The number of ether oxygens (including phenoxy) is 1. The number of methoxy groups -OCH3 is 1. The predicted octanol–water partition coefficient (Wildman–Crippen LogP) is 1.84. The maximum Gasteiger partial charge on any atom is 0.333 e. The van der Waals surface area contributed by atoms with Crippen LogP contribution >= 0.6 is 0 Å². The average Bonchev–Trinajstić information content (AvgIpc) is 2.21. The Morgan fingerprint density at radius 3 is 2.57 bits per heavy atom. The first-order chi connectivity index (χ1) is 6.61. The molecule has 0 aliphatic rings. The Kier molecular flexibility index (Phi) is 7.11. The Balaban J connectivity index is 3.60. The number of nitrogens with zero attached hydrogens (tertiary/aromatic N) is 1. The smallest absolute Gasteiger partial charge is 0.333 e. The zero-order valence-corrected chi connectivity index (χ0v) is 9.51. The normalized spacial score (nSPS) is 10.3. The van der Waals surface area contributed by atoms with E-state index in [2.05, 4.69) is 30.2 Å². The molecule has 3 heteroatoms. The van der Waals surface area contributed by atoms with Gasteiger partial charge in [0.05, 0.1) is 7.11 Å². The van der Waals surface area contributed by atoms with E-state index in [9.17, 15) is 4.79 Å². The largest absolute Gasteiger partial charge is 0.466 e. The van der Waals surface area contributed by atoms with Gasteiger partial charge in [0.2, 0.25) is 0 Å². The van der Waals surface area contributed by atoms with Gasteiger partial charge in [0.25, 0.3) is 0 Å². The Hall–Kier alpha value is -0.830. The van der Waals surface area contributed by atoms with Gasteiger partial charge in [-0.3, -0.25) is 0 Å². The number of carbonyl (C=O) groups excluding carboxylic acids is 1. The molecule has 0 fully saturated rings. The van der Waals surface area contributed by atoms with Crippen molar-refractivity contribution in [2.24, 2.45) is 0 Å². The molecule has 0 radical (unpaired) electrons. The zero-order valence-electron chi connectivity index (χ0n) is 9.51. The summed E-state index contributed by atoms with van der Waals surface area (Å²) < 4.78 is 4.57. The lowest BCUT2D eigenvalue weighted by Crippen LogP contribution is -2.22. The summed E-state index contributed by atoms with van der Waals surface area (Å²) in [6.07, 6.45) is 3.08. The van der Waals surface area contributed by atoms with Crippen LogP contribution < -0.4 is 0 Å². The van der Waals surface area contributed by atoms with Gasteiger partial charge in [0.15, 0.2) is 0 Å². The molecule has 0 aliphatic heterocycles. The summed E-state index contributed by atoms with van der Waals surface area (Å²) in [5.41, 5.74) is 0.552. The molecule has 3 nitrogen and oxygen atoms in total. The van der Waals surface area contributed by atoms with E-state index in [4.69, 9.17) is 0 Å². The number of esters is 1. The summed E-state index contributed by atoms with van der Waals surface area (Å²) in [5.74, 6) is -0.297. The summed E-state index contributed by atoms with van der Waals surface area (Å²) in [6, 6.07) is 0. The van der Waals surface area contributed by atoms with E-state index >= 15 is 0 Å². The minimum atomic E-state index is -0.297. The summed E-state index contributed by atoms with van der Waals surface area (Å²) in [6.45, 7) is 7.79. The van der Waals surface area contributed by atoms with E-state index in [0.29, 0.717) is 12.0 Å². The fourth-order valence-corrected chi connectivity index (χ4v) is 1.11. The van der Waals surface area contributed by atoms with Crippen molar-refractivity contribution in [2.45, 2.75) is 26.2 Å². The molecular formula is C11H21NO2. The number of carbonyl (C=O) groups is 1. The van der Waals surface area contributed by atoms with Crippen LogP contribution in [-0.4, -0.2) is 38.1 Å². The van der Waals surface area contributed by atoms with Gasteiger partial charge in [0, 0.05) is 12.1 Å². The first kappa shape index (κ1) is 13.2. The first-order valence-corrected chi connectivity index (χ1v) is 5.06. The van der Waals surface area contributed by atoms with Crippen LogP contribution in [0.1, 0.15) is 26.2 Å². The van der Waals surface area contributed by atoms with E-state index in [1.807, 2.05) is 0 Å². The van der Waals surface area contributed by atoms with Crippen LogP contribution in [0, 0.1) is 0 Å². The highest BCUT2D eigenvalue weighted by molar-refractivity contribution is 5.87. The molecule has 0 unspecified atom stereocenters. The van der Waals surface area contributed by atoms with Crippen molar-refractivity contribution in [2.75, 3.05) is 27.2 Å². The third-order valence-electron chi connectivity index (χ3n) is 2.16. The van der Waals surface area contributed by atoms with Crippen LogP contribution in [0.3, 0.4) is 0 Å². The molecule has 0 aromatic heterocycles. The van der Waals surface area contributed by atoms with Gasteiger partial charge in [-0.25, -0.2) is 4.79 Å². The second kappa shape index (κ2) is 7.56. The van der Waals surface area contributed by atoms with Gasteiger partial charge in [-0.15, -0.1) is 0 Å². The van der Waals surface area contributed by atoms with Crippen LogP contribution in [0.25, 0.3) is 0 Å². The second-order valence-corrected chi connectivity index (χ2v) is 3.50. The Morgan fingerprint density at radius 1 is 1.43 bits per heavy atom. The summed E-state index contributed by atoms with van der Waals surface area (Å²) in [4.78, 5) is 13.2. The molecule has 0 saturated carbocycles. The SMILES string of the molecule is C=C(CCN(C)CCCC)C(=O)OC. The van der Waals surface area contributed by atoms with E-state index in [0.717, 1.165) is 13.1 Å². The molecule has 0 amide bonds. The van der Waals surface area contributed by atoms with Crippen molar-refractivity contribution < 1.29 is 9.53 Å². The molecule has 0 aliphatic carbocycles. The lowest BCUT2D eigenvalue weighted by Gasteiger charge is -2.15. The van der Waals surface area contributed by atoms with E-state index in [-0.39, 0.29) is 5.97 Å². The summed E-state index contributed by atoms with van der Waals surface area (Å²) in [7, 11) is 3.44. The Bertz CT molecular complexity index is 190. The lowest BCUT2D eigenvalue weighted by atomic mass is 10.2. The fraction of sp³-hybridized carbons (Fsp3) is 0.727. The van der Waals surface area contributed by atoms with Gasteiger partial charge in [0.1, 0.15) is 0 Å². The number of unbranched alkanes of at least 4 members (excludes halogenated alkanes) is 1. The molecular weight excluding hydrogens is 178 g/mol. The number of hydrogen-bond donors (Lipinski definition) is 0. The molecule has 0 aromatic rings. The monoisotopic (exact) mass is 199 g/mol. The number of hydrogen-bond acceptors (Lipinski definition) is 3. The van der Waals surface area contributed by atoms with Crippen molar-refractivity contribution >= 4 is 5.97 Å². The molecule has 14 heavy (non-hydrogen) atoms. The van der Waals surface area contributed by atoms with Crippen LogP contribution in [0.4, 0.5) is 0 Å². The third-order valence-corrected chi connectivity index (χ3v) is 2.16. The standard InChI is InChI=1S/C11H21NO2/c1-5-6-8-12(3)9-7-10(2)11(13)14-4/h2,5-9H2,1,3-4H3. The zero-order chi connectivity index (χ0) is 11.0. The average molecular weight is 199 g/mol. The van der Waals surface area contributed by atoms with E-state index in [1.165, 1.54) is 20.0 Å². The van der Waals surface area contributed by atoms with Gasteiger partial charge in [-0.05, 0) is 26.4 Å². The first-order valence-electron chi connectivity index (χ1n) is 5.06. The molecule has 0 rings (SSSR count). The summed E-state index contributed by atoms with van der Waals surface area (Å²) in [5, 5.41) is 0. The highest BCUT2D eigenvalue weighted by atomic mass is 16.5. The highest BCUT2D eigenvalue weighted by Gasteiger charge is 2.07. The fourth-order valence-electron chi connectivity index (χ4n) is 1.11. The van der Waals surface area contributed by atoms with Crippen LogP contribution in [0.15, 0.2) is 12.2 Å². The Labute approximate surface area is 86.7 Å². The molecule has 0 atom stereocenters. The second-order valence-electron chi connectivity index (χ2n) is 3.50. The van der Waals surface area contributed by atoms with Crippen molar-refractivity contribution in [3.63, 3.8) is 0 Å². The molecule has 82 valence electrons. The van der Waals surface area contributed by atoms with E-state index < -0.39 is 0 Å². The summed E-state index contributed by atoms with van der Waals surface area (Å²) >= 11 is 0. The number of rotatable bonds is 7. The van der Waals surface area contributed by atoms with Gasteiger partial charge in [-0.2, -0.15) is 0 Å². The maximum atomic E-state index is 11.0. The minimum absolute atomic E-state index is 0.297. The molecule has 0 bridgehead atoms. The van der Waals surface area contributed by atoms with Crippen molar-refractivity contribution in [1.29, 1.82) is 0 Å². The van der Waals surface area contributed by atoms with Crippen LogP contribution in [0.5, 0.6) is 0 Å². The molecule has 0 saturated heterocycles. The van der Waals surface area contributed by atoms with E-state index in [1.54, 1.807) is 0 Å². The van der Waals surface area contributed by atoms with Crippen molar-refractivity contribution in [3.05, 3.63) is 12.2 Å². The van der Waals surface area contributed by atoms with Crippen LogP contribution in [-0.2, 0) is 9.53 Å². The Morgan fingerprint density at radius 2 is 2.07 bits per heavy atom. The molecule has 0 N–H and O–H groups in total. The topological polar surface area (TPSA) is 29.5 Å².